The highest BCUT2D eigenvalue weighted by Gasteiger charge is 2.25. The smallest absolute Gasteiger partial charge is 0.192 e. The number of pyridine rings is 1. The van der Waals surface area contributed by atoms with Crippen molar-refractivity contribution in [2.24, 2.45) is 12.0 Å². The number of rotatable bonds is 5. The fraction of sp³-hybridized carbons (Fsp3) is 0.600. The van der Waals surface area contributed by atoms with E-state index in [2.05, 4.69) is 36.8 Å². The molecule has 2 aliphatic rings. The Morgan fingerprint density at radius 1 is 1.14 bits per heavy atom. The Kier molecular flexibility index (Phi) is 7.68. The lowest BCUT2D eigenvalue weighted by Crippen LogP contribution is -2.47. The van der Waals surface area contributed by atoms with E-state index in [1.165, 1.54) is 25.7 Å². The van der Waals surface area contributed by atoms with E-state index in [-0.39, 0.29) is 24.0 Å². The maximum absolute atomic E-state index is 4.83. The van der Waals surface area contributed by atoms with Crippen LogP contribution in [0.4, 0.5) is 5.82 Å². The normalized spacial score (nSPS) is 20.0. The van der Waals surface area contributed by atoms with Crippen molar-refractivity contribution in [1.29, 1.82) is 0 Å². The second-order valence-electron chi connectivity index (χ2n) is 7.78. The average molecular weight is 510 g/mol. The van der Waals surface area contributed by atoms with Crippen LogP contribution in [0.1, 0.15) is 43.8 Å². The van der Waals surface area contributed by atoms with E-state index in [1.807, 2.05) is 36.9 Å². The molecule has 2 N–H and O–H groups in total. The third-order valence-corrected chi connectivity index (χ3v) is 5.76. The second-order valence-corrected chi connectivity index (χ2v) is 7.78. The van der Waals surface area contributed by atoms with Crippen LogP contribution in [0.3, 0.4) is 0 Å². The summed E-state index contributed by atoms with van der Waals surface area (Å²) in [6, 6.07) is 6.95. The molecule has 3 heterocycles. The van der Waals surface area contributed by atoms with Crippen LogP contribution < -0.4 is 15.5 Å². The van der Waals surface area contributed by atoms with Crippen molar-refractivity contribution >= 4 is 35.8 Å². The van der Waals surface area contributed by atoms with Crippen LogP contribution in [-0.2, 0) is 13.6 Å². The zero-order valence-electron chi connectivity index (χ0n) is 17.2. The predicted molar refractivity (Wildman–Crippen MR) is 126 cm³/mol. The molecule has 1 atom stereocenters. The predicted octanol–water partition coefficient (Wildman–Crippen LogP) is 2.39. The van der Waals surface area contributed by atoms with Crippen molar-refractivity contribution in [3.05, 3.63) is 36.0 Å². The van der Waals surface area contributed by atoms with Gasteiger partial charge in [0.15, 0.2) is 11.8 Å². The molecule has 2 aromatic heterocycles. The van der Waals surface area contributed by atoms with Gasteiger partial charge < -0.3 is 20.1 Å². The Bertz CT molecular complexity index is 800. The lowest BCUT2D eigenvalue weighted by molar-refractivity contribution is 0.584. The SMILES string of the molecule is Cc1nnc(CN=C(NC2CCCC2)NC2CCN(c3ccccn3)C2)n1C.I. The van der Waals surface area contributed by atoms with Gasteiger partial charge in [0.2, 0.25) is 0 Å². The van der Waals surface area contributed by atoms with E-state index in [9.17, 15) is 0 Å². The number of aliphatic imine (C=N–C) groups is 1. The molecule has 0 radical (unpaired) electrons. The Morgan fingerprint density at radius 2 is 1.93 bits per heavy atom. The Balaban J connectivity index is 0.00000240. The molecule has 0 amide bonds. The largest absolute Gasteiger partial charge is 0.354 e. The van der Waals surface area contributed by atoms with E-state index >= 15 is 0 Å². The number of halogens is 1. The van der Waals surface area contributed by atoms with E-state index in [0.29, 0.717) is 18.6 Å². The van der Waals surface area contributed by atoms with Crippen LogP contribution in [0.25, 0.3) is 0 Å². The van der Waals surface area contributed by atoms with Crippen molar-refractivity contribution in [2.75, 3.05) is 18.0 Å². The zero-order chi connectivity index (χ0) is 19.3. The number of aryl methyl sites for hydroxylation is 1. The first-order valence-corrected chi connectivity index (χ1v) is 10.3. The lowest BCUT2D eigenvalue weighted by atomic mass is 10.2. The van der Waals surface area contributed by atoms with Crippen molar-refractivity contribution < 1.29 is 0 Å². The molecule has 4 rings (SSSR count). The van der Waals surface area contributed by atoms with Gasteiger partial charge in [0, 0.05) is 38.4 Å². The fourth-order valence-corrected chi connectivity index (χ4v) is 3.96. The molecule has 158 valence electrons. The first-order valence-electron chi connectivity index (χ1n) is 10.3. The average Bonchev–Trinajstić information content (AvgIpc) is 3.45. The first kappa shape index (κ1) is 21.8. The van der Waals surface area contributed by atoms with Crippen LogP contribution in [0.15, 0.2) is 29.4 Å². The van der Waals surface area contributed by atoms with E-state index < -0.39 is 0 Å². The molecule has 29 heavy (non-hydrogen) atoms. The summed E-state index contributed by atoms with van der Waals surface area (Å²) in [6.07, 6.45) is 7.95. The van der Waals surface area contributed by atoms with Gasteiger partial charge in [-0.1, -0.05) is 18.9 Å². The minimum absolute atomic E-state index is 0. The highest BCUT2D eigenvalue weighted by Crippen LogP contribution is 2.19. The molecule has 8 nitrogen and oxygen atoms in total. The molecular formula is C20H31IN8. The van der Waals surface area contributed by atoms with Crippen LogP contribution in [0.2, 0.25) is 0 Å². The van der Waals surface area contributed by atoms with Gasteiger partial charge in [0.05, 0.1) is 0 Å². The van der Waals surface area contributed by atoms with Crippen molar-refractivity contribution in [2.45, 2.75) is 57.7 Å². The molecule has 1 unspecified atom stereocenters. The quantitative estimate of drug-likeness (QED) is 0.365. The standard InChI is InChI=1S/C20H30N8.HI/c1-15-25-26-19(27(15)2)13-22-20(23-16-7-3-4-8-16)24-17-10-12-28(14-17)18-9-5-6-11-21-18;/h5-6,9,11,16-17H,3-4,7-8,10,12-14H2,1-2H3,(H2,22,23,24);1H. The van der Waals surface area contributed by atoms with Crippen LogP contribution >= 0.6 is 24.0 Å². The van der Waals surface area contributed by atoms with Crippen LogP contribution in [0, 0.1) is 6.92 Å². The maximum atomic E-state index is 4.83. The third kappa shape index (κ3) is 5.58. The fourth-order valence-electron chi connectivity index (χ4n) is 3.96. The van der Waals surface area contributed by atoms with Gasteiger partial charge in [0.25, 0.3) is 0 Å². The Morgan fingerprint density at radius 3 is 2.62 bits per heavy atom. The highest BCUT2D eigenvalue weighted by atomic mass is 127. The summed E-state index contributed by atoms with van der Waals surface area (Å²) in [6.45, 7) is 4.43. The molecule has 2 aromatic rings. The monoisotopic (exact) mass is 510 g/mol. The number of hydrogen-bond acceptors (Lipinski definition) is 5. The van der Waals surface area contributed by atoms with Gasteiger partial charge in [-0.15, -0.1) is 34.2 Å². The number of nitrogens with one attached hydrogen (secondary N) is 2. The number of hydrogen-bond donors (Lipinski definition) is 2. The van der Waals surface area contributed by atoms with E-state index in [1.54, 1.807) is 0 Å². The van der Waals surface area contributed by atoms with Crippen LogP contribution in [0.5, 0.6) is 0 Å². The van der Waals surface area contributed by atoms with Gasteiger partial charge in [0.1, 0.15) is 18.2 Å². The molecule has 1 saturated carbocycles. The van der Waals surface area contributed by atoms with Gasteiger partial charge in [-0.2, -0.15) is 0 Å². The van der Waals surface area contributed by atoms with Crippen LogP contribution in [-0.4, -0.2) is 50.9 Å². The molecule has 1 aliphatic carbocycles. The molecule has 0 bridgehead atoms. The summed E-state index contributed by atoms with van der Waals surface area (Å²) in [4.78, 5) is 11.6. The Hall–Kier alpha value is -1.91. The summed E-state index contributed by atoms with van der Waals surface area (Å²) in [5.74, 6) is 3.72. The first-order chi connectivity index (χ1) is 13.7. The van der Waals surface area contributed by atoms with Crippen molar-refractivity contribution in [1.82, 2.24) is 30.4 Å². The van der Waals surface area contributed by atoms with Crippen molar-refractivity contribution in [3.63, 3.8) is 0 Å². The minimum Gasteiger partial charge on any atom is -0.354 e. The van der Waals surface area contributed by atoms with Gasteiger partial charge in [-0.25, -0.2) is 9.98 Å². The van der Waals surface area contributed by atoms with Gasteiger partial charge in [-0.3, -0.25) is 0 Å². The van der Waals surface area contributed by atoms with E-state index in [4.69, 9.17) is 4.99 Å². The topological polar surface area (TPSA) is 83.3 Å². The lowest BCUT2D eigenvalue weighted by Gasteiger charge is -2.22. The summed E-state index contributed by atoms with van der Waals surface area (Å²) in [7, 11) is 1.99. The van der Waals surface area contributed by atoms with Gasteiger partial charge >= 0.3 is 0 Å². The molecular weight excluding hydrogens is 479 g/mol. The van der Waals surface area contributed by atoms with Gasteiger partial charge in [-0.05, 0) is 38.3 Å². The van der Waals surface area contributed by atoms with Crippen molar-refractivity contribution in [3.8, 4) is 0 Å². The molecule has 1 saturated heterocycles. The number of aromatic nitrogens is 4. The molecule has 0 spiro atoms. The zero-order valence-corrected chi connectivity index (χ0v) is 19.5. The second kappa shape index (κ2) is 10.2. The number of guanidine groups is 1. The Labute approximate surface area is 189 Å². The summed E-state index contributed by atoms with van der Waals surface area (Å²) >= 11 is 0. The number of anilines is 1. The summed E-state index contributed by atoms with van der Waals surface area (Å²) < 4.78 is 2.00. The third-order valence-electron chi connectivity index (χ3n) is 5.76. The minimum atomic E-state index is 0. The molecule has 9 heteroatoms. The number of nitrogens with zero attached hydrogens (tertiary/aromatic N) is 6. The molecule has 0 aromatic carbocycles. The molecule has 2 fully saturated rings. The maximum Gasteiger partial charge on any atom is 0.192 e. The van der Waals surface area contributed by atoms with E-state index in [0.717, 1.165) is 42.9 Å². The summed E-state index contributed by atoms with van der Waals surface area (Å²) in [5, 5.41) is 15.7. The molecule has 1 aliphatic heterocycles. The summed E-state index contributed by atoms with van der Waals surface area (Å²) in [5.41, 5.74) is 0. The highest BCUT2D eigenvalue weighted by molar-refractivity contribution is 14.0.